The van der Waals surface area contributed by atoms with E-state index >= 15 is 0 Å². The molecule has 0 spiro atoms. The number of nitrogens with zero attached hydrogens (tertiary/aromatic N) is 3. The molecule has 0 aliphatic heterocycles. The fourth-order valence-corrected chi connectivity index (χ4v) is 4.52. The number of fused-ring (bicyclic) bond motifs is 1. The molecule has 1 aromatic carbocycles. The Morgan fingerprint density at radius 2 is 1.86 bits per heavy atom. The van der Waals surface area contributed by atoms with Crippen LogP contribution in [-0.2, 0) is 28.3 Å². The number of carbonyl (C=O) groups is 1. The van der Waals surface area contributed by atoms with Crippen molar-refractivity contribution in [1.82, 2.24) is 19.2 Å². The SMILES string of the molecule is CCN(CC)S(=O)(=O)c1ccc2c(c1)nc(CCC(=O)NC(C)C(C)C)n2C. The van der Waals surface area contributed by atoms with Gasteiger partial charge >= 0.3 is 0 Å². The summed E-state index contributed by atoms with van der Waals surface area (Å²) in [5, 5.41) is 3.00. The summed E-state index contributed by atoms with van der Waals surface area (Å²) in [6, 6.07) is 5.15. The van der Waals surface area contributed by atoms with Crippen molar-refractivity contribution in [3.63, 3.8) is 0 Å². The quantitative estimate of drug-likeness (QED) is 0.691. The van der Waals surface area contributed by atoms with Gasteiger partial charge in [-0.2, -0.15) is 4.31 Å². The van der Waals surface area contributed by atoms with Gasteiger partial charge < -0.3 is 9.88 Å². The number of aryl methyl sites for hydroxylation is 2. The van der Waals surface area contributed by atoms with Gasteiger partial charge in [0.05, 0.1) is 15.9 Å². The van der Waals surface area contributed by atoms with Gasteiger partial charge in [0.15, 0.2) is 0 Å². The predicted octanol–water partition coefficient (Wildman–Crippen LogP) is 2.70. The molecule has 0 aliphatic rings. The second-order valence-corrected chi connectivity index (χ2v) is 9.37. The van der Waals surface area contributed by atoms with Gasteiger partial charge in [-0.05, 0) is 31.0 Å². The molecule has 0 aliphatic carbocycles. The van der Waals surface area contributed by atoms with Crippen LogP contribution in [0.3, 0.4) is 0 Å². The summed E-state index contributed by atoms with van der Waals surface area (Å²) in [7, 11) is -1.64. The Hall–Kier alpha value is -1.93. The monoisotopic (exact) mass is 408 g/mol. The average Bonchev–Trinajstić information content (AvgIpc) is 2.96. The predicted molar refractivity (Wildman–Crippen MR) is 112 cm³/mol. The van der Waals surface area contributed by atoms with Crippen molar-refractivity contribution in [1.29, 1.82) is 0 Å². The molecular weight excluding hydrogens is 376 g/mol. The van der Waals surface area contributed by atoms with E-state index in [2.05, 4.69) is 24.1 Å². The van der Waals surface area contributed by atoms with Crippen LogP contribution in [0, 0.1) is 5.92 Å². The number of amides is 1. The average molecular weight is 409 g/mol. The maximum atomic E-state index is 12.7. The highest BCUT2D eigenvalue weighted by atomic mass is 32.2. The van der Waals surface area contributed by atoms with Gasteiger partial charge in [-0.3, -0.25) is 4.79 Å². The van der Waals surface area contributed by atoms with Crippen LogP contribution in [0.15, 0.2) is 23.1 Å². The van der Waals surface area contributed by atoms with E-state index in [1.807, 2.05) is 32.4 Å². The van der Waals surface area contributed by atoms with Crippen LogP contribution in [0.25, 0.3) is 11.0 Å². The molecule has 8 heteroatoms. The molecular formula is C20H32N4O3S. The van der Waals surface area contributed by atoms with Crippen molar-refractivity contribution in [3.05, 3.63) is 24.0 Å². The summed E-state index contributed by atoms with van der Waals surface area (Å²) >= 11 is 0. The highest BCUT2D eigenvalue weighted by Crippen LogP contribution is 2.22. The third-order valence-electron chi connectivity index (χ3n) is 5.25. The number of hydrogen-bond donors (Lipinski definition) is 1. The maximum Gasteiger partial charge on any atom is 0.243 e. The molecule has 7 nitrogen and oxygen atoms in total. The van der Waals surface area contributed by atoms with Crippen LogP contribution in [0.4, 0.5) is 0 Å². The van der Waals surface area contributed by atoms with Crippen LogP contribution >= 0.6 is 0 Å². The molecule has 1 aromatic heterocycles. The van der Waals surface area contributed by atoms with E-state index in [0.29, 0.717) is 37.4 Å². The van der Waals surface area contributed by atoms with Gasteiger partial charge in [0.25, 0.3) is 0 Å². The molecule has 1 atom stereocenters. The van der Waals surface area contributed by atoms with Gasteiger partial charge in [-0.15, -0.1) is 0 Å². The summed E-state index contributed by atoms with van der Waals surface area (Å²) < 4.78 is 28.8. The fraction of sp³-hybridized carbons (Fsp3) is 0.600. The molecule has 1 N–H and O–H groups in total. The standard InChI is InChI=1S/C20H32N4O3S/c1-7-24(8-2)28(26,27)16-9-10-18-17(13-16)22-19(23(18)6)11-12-20(25)21-15(5)14(3)4/h9-10,13-15H,7-8,11-12H2,1-6H3,(H,21,25). The third-order valence-corrected chi connectivity index (χ3v) is 7.30. The second-order valence-electron chi connectivity index (χ2n) is 7.43. The number of carbonyl (C=O) groups excluding carboxylic acids is 1. The van der Waals surface area contributed by atoms with Gasteiger partial charge in [-0.25, -0.2) is 13.4 Å². The highest BCUT2D eigenvalue weighted by molar-refractivity contribution is 7.89. The first kappa shape index (κ1) is 22.4. The number of aromatic nitrogens is 2. The van der Waals surface area contributed by atoms with Crippen molar-refractivity contribution in [2.24, 2.45) is 13.0 Å². The summed E-state index contributed by atoms with van der Waals surface area (Å²) in [4.78, 5) is 17.0. The Bertz CT molecular complexity index is 930. The minimum absolute atomic E-state index is 0.00180. The summed E-state index contributed by atoms with van der Waals surface area (Å²) in [6.45, 7) is 10.6. The number of imidazole rings is 1. The normalized spacial score (nSPS) is 13.4. The van der Waals surface area contributed by atoms with Crippen LogP contribution in [0.5, 0.6) is 0 Å². The van der Waals surface area contributed by atoms with Gasteiger partial charge in [0.2, 0.25) is 15.9 Å². The van der Waals surface area contributed by atoms with Gasteiger partial charge in [0, 0.05) is 39.0 Å². The zero-order valence-corrected chi connectivity index (χ0v) is 18.5. The highest BCUT2D eigenvalue weighted by Gasteiger charge is 2.23. The van der Waals surface area contributed by atoms with E-state index in [9.17, 15) is 13.2 Å². The molecule has 0 bridgehead atoms. The lowest BCUT2D eigenvalue weighted by atomic mass is 10.1. The van der Waals surface area contributed by atoms with Crippen LogP contribution < -0.4 is 5.32 Å². The van der Waals surface area contributed by atoms with Gasteiger partial charge in [-0.1, -0.05) is 27.7 Å². The van der Waals surface area contributed by atoms with Gasteiger partial charge in [0.1, 0.15) is 5.82 Å². The lowest BCUT2D eigenvalue weighted by Crippen LogP contribution is -2.36. The van der Waals surface area contributed by atoms with E-state index in [-0.39, 0.29) is 16.8 Å². The Kier molecular flexibility index (Phi) is 7.22. The summed E-state index contributed by atoms with van der Waals surface area (Å²) in [5.74, 6) is 1.14. The number of nitrogens with one attached hydrogen (secondary N) is 1. The molecule has 0 fully saturated rings. The van der Waals surface area contributed by atoms with Crippen LogP contribution in [0.1, 0.15) is 46.9 Å². The second kappa shape index (κ2) is 9.05. The molecule has 28 heavy (non-hydrogen) atoms. The molecule has 0 saturated carbocycles. The first-order valence-corrected chi connectivity index (χ1v) is 11.3. The largest absolute Gasteiger partial charge is 0.353 e. The first-order valence-electron chi connectivity index (χ1n) is 9.86. The smallest absolute Gasteiger partial charge is 0.243 e. The Balaban J connectivity index is 2.22. The van der Waals surface area contributed by atoms with Crippen molar-refractivity contribution >= 4 is 27.0 Å². The van der Waals surface area contributed by atoms with E-state index < -0.39 is 10.0 Å². The topological polar surface area (TPSA) is 84.3 Å². The Morgan fingerprint density at radius 3 is 2.43 bits per heavy atom. The summed E-state index contributed by atoms with van der Waals surface area (Å²) in [5.41, 5.74) is 1.48. The Morgan fingerprint density at radius 1 is 1.21 bits per heavy atom. The summed E-state index contributed by atoms with van der Waals surface area (Å²) in [6.07, 6.45) is 0.846. The zero-order valence-electron chi connectivity index (χ0n) is 17.7. The number of sulfonamides is 1. The van der Waals surface area contributed by atoms with E-state index in [4.69, 9.17) is 0 Å². The molecule has 156 valence electrons. The zero-order chi connectivity index (χ0) is 21.1. The minimum Gasteiger partial charge on any atom is -0.353 e. The van der Waals surface area contributed by atoms with Crippen molar-refractivity contribution in [2.75, 3.05) is 13.1 Å². The fourth-order valence-electron chi connectivity index (χ4n) is 3.04. The number of hydrogen-bond acceptors (Lipinski definition) is 4. The minimum atomic E-state index is -3.52. The third kappa shape index (κ3) is 4.72. The number of rotatable bonds is 9. The lowest BCUT2D eigenvalue weighted by Gasteiger charge is -2.18. The Labute approximate surface area is 168 Å². The lowest BCUT2D eigenvalue weighted by molar-refractivity contribution is -0.121. The molecule has 1 heterocycles. The molecule has 2 rings (SSSR count). The molecule has 0 saturated heterocycles. The van der Waals surface area contributed by atoms with Crippen LogP contribution in [-0.4, -0.2) is 47.3 Å². The maximum absolute atomic E-state index is 12.7. The number of benzene rings is 1. The van der Waals surface area contributed by atoms with Crippen LogP contribution in [0.2, 0.25) is 0 Å². The molecule has 0 radical (unpaired) electrons. The van der Waals surface area contributed by atoms with E-state index in [1.54, 1.807) is 18.2 Å². The van der Waals surface area contributed by atoms with Crippen molar-refractivity contribution < 1.29 is 13.2 Å². The van der Waals surface area contributed by atoms with Crippen molar-refractivity contribution in [3.8, 4) is 0 Å². The van der Waals surface area contributed by atoms with E-state index in [0.717, 1.165) is 11.3 Å². The first-order chi connectivity index (χ1) is 13.1. The molecule has 1 unspecified atom stereocenters. The van der Waals surface area contributed by atoms with Crippen molar-refractivity contribution in [2.45, 2.75) is 58.4 Å². The molecule has 2 aromatic rings. The molecule has 1 amide bonds. The van der Waals surface area contributed by atoms with E-state index in [1.165, 1.54) is 4.31 Å².